The molecule has 0 saturated heterocycles. The van der Waals surface area contributed by atoms with Crippen LogP contribution >= 0.6 is 11.6 Å². The number of nitrogens with two attached hydrogens (primary N) is 1. The van der Waals surface area contributed by atoms with Gasteiger partial charge in [-0.1, -0.05) is 35.9 Å². The molecule has 3 N–H and O–H groups in total. The molecule has 3 heteroatoms. The Hall–Kier alpha value is -1.09. The van der Waals surface area contributed by atoms with Crippen molar-refractivity contribution in [1.82, 2.24) is 0 Å². The molecule has 0 aliphatic rings. The molecular weight excluding hydrogens is 210 g/mol. The summed E-state index contributed by atoms with van der Waals surface area (Å²) >= 11 is 5.90. The van der Waals surface area contributed by atoms with Gasteiger partial charge in [0.25, 0.3) is 0 Å². The first-order chi connectivity index (χ1) is 7.22. The number of aliphatic hydroxyl groups is 1. The molecule has 0 heterocycles. The van der Waals surface area contributed by atoms with Crippen LogP contribution in [0.4, 0.5) is 0 Å². The first-order valence-electron chi connectivity index (χ1n) is 4.77. The minimum Gasteiger partial charge on any atom is -0.394 e. The summed E-state index contributed by atoms with van der Waals surface area (Å²) < 4.78 is 0. The van der Waals surface area contributed by atoms with Crippen molar-refractivity contribution in [3.8, 4) is 0 Å². The summed E-state index contributed by atoms with van der Waals surface area (Å²) in [6.07, 6.45) is 0. The van der Waals surface area contributed by atoms with Crippen LogP contribution in [-0.2, 0) is 0 Å². The summed E-state index contributed by atoms with van der Waals surface area (Å²) in [5.74, 6) is 0. The smallest absolute Gasteiger partial charge is 0.0624 e. The third-order valence-corrected chi connectivity index (χ3v) is 2.71. The number of fused-ring (bicyclic) bond motifs is 1. The fourth-order valence-corrected chi connectivity index (χ4v) is 1.88. The van der Waals surface area contributed by atoms with Crippen molar-refractivity contribution >= 4 is 22.4 Å². The van der Waals surface area contributed by atoms with Gasteiger partial charge in [0.15, 0.2) is 0 Å². The highest BCUT2D eigenvalue weighted by molar-refractivity contribution is 6.31. The molecule has 2 nitrogen and oxygen atoms in total. The van der Waals surface area contributed by atoms with Gasteiger partial charge in [0.1, 0.15) is 0 Å². The zero-order chi connectivity index (χ0) is 10.8. The summed E-state index contributed by atoms with van der Waals surface area (Å²) in [7, 11) is 0. The lowest BCUT2D eigenvalue weighted by Gasteiger charge is -2.11. The van der Waals surface area contributed by atoms with E-state index in [9.17, 15) is 0 Å². The third-order valence-electron chi connectivity index (χ3n) is 2.47. The summed E-state index contributed by atoms with van der Waals surface area (Å²) in [6.45, 7) is -0.0538. The number of halogens is 1. The van der Waals surface area contributed by atoms with Gasteiger partial charge in [0.05, 0.1) is 12.6 Å². The van der Waals surface area contributed by atoms with E-state index in [1.807, 2.05) is 36.4 Å². The summed E-state index contributed by atoms with van der Waals surface area (Å²) in [5, 5.41) is 11.8. The quantitative estimate of drug-likeness (QED) is 0.819. The molecule has 1 unspecified atom stereocenters. The zero-order valence-electron chi connectivity index (χ0n) is 8.15. The molecule has 0 fully saturated rings. The maximum atomic E-state index is 9.05. The number of hydrogen-bond acceptors (Lipinski definition) is 2. The topological polar surface area (TPSA) is 46.2 Å². The van der Waals surface area contributed by atoms with Gasteiger partial charge in [0, 0.05) is 5.02 Å². The highest BCUT2D eigenvalue weighted by Gasteiger charge is 2.08. The Kier molecular flexibility index (Phi) is 2.91. The van der Waals surface area contributed by atoms with Crippen molar-refractivity contribution in [2.75, 3.05) is 6.61 Å². The molecule has 0 aliphatic heterocycles. The molecule has 1 atom stereocenters. The number of hydrogen-bond donors (Lipinski definition) is 2. The molecule has 78 valence electrons. The summed E-state index contributed by atoms with van der Waals surface area (Å²) in [4.78, 5) is 0. The molecule has 0 amide bonds. The second-order valence-electron chi connectivity index (χ2n) is 3.50. The van der Waals surface area contributed by atoms with Gasteiger partial charge in [-0.2, -0.15) is 0 Å². The molecule has 15 heavy (non-hydrogen) atoms. The normalized spacial score (nSPS) is 13.0. The largest absolute Gasteiger partial charge is 0.394 e. The molecule has 0 aromatic heterocycles. The number of benzene rings is 2. The Balaban J connectivity index is 2.66. The molecule has 0 saturated carbocycles. The van der Waals surface area contributed by atoms with E-state index in [0.29, 0.717) is 5.02 Å². The standard InChI is InChI=1S/C12H12ClNO/c13-9-4-5-10-8(6-9)2-1-3-11(10)12(14)7-15/h1-6,12,15H,7,14H2. The Morgan fingerprint density at radius 3 is 2.80 bits per heavy atom. The molecule has 0 radical (unpaired) electrons. The number of aliphatic hydroxyl groups excluding tert-OH is 1. The van der Waals surface area contributed by atoms with E-state index in [1.165, 1.54) is 0 Å². The van der Waals surface area contributed by atoms with Crippen LogP contribution in [-0.4, -0.2) is 11.7 Å². The van der Waals surface area contributed by atoms with Crippen LogP contribution in [0.2, 0.25) is 5.02 Å². The monoisotopic (exact) mass is 221 g/mol. The first-order valence-corrected chi connectivity index (χ1v) is 5.15. The first kappa shape index (κ1) is 10.4. The van der Waals surface area contributed by atoms with Gasteiger partial charge in [-0.05, 0) is 28.5 Å². The molecule has 2 rings (SSSR count). The molecule has 2 aromatic rings. The van der Waals surface area contributed by atoms with E-state index in [4.69, 9.17) is 22.4 Å². The second kappa shape index (κ2) is 4.19. The van der Waals surface area contributed by atoms with Crippen LogP contribution in [0.3, 0.4) is 0 Å². The van der Waals surface area contributed by atoms with Crippen molar-refractivity contribution in [2.45, 2.75) is 6.04 Å². The van der Waals surface area contributed by atoms with Gasteiger partial charge in [-0.3, -0.25) is 0 Å². The summed E-state index contributed by atoms with van der Waals surface area (Å²) in [5.41, 5.74) is 6.77. The van der Waals surface area contributed by atoms with E-state index in [-0.39, 0.29) is 12.6 Å². The summed E-state index contributed by atoms with van der Waals surface area (Å²) in [6, 6.07) is 11.1. The lowest BCUT2D eigenvalue weighted by atomic mass is 10.00. The molecular formula is C12H12ClNO. The van der Waals surface area contributed by atoms with Gasteiger partial charge < -0.3 is 10.8 Å². The fraction of sp³-hybridized carbons (Fsp3) is 0.167. The van der Waals surface area contributed by atoms with Crippen LogP contribution in [0, 0.1) is 0 Å². The minimum absolute atomic E-state index is 0.0538. The Morgan fingerprint density at radius 2 is 2.07 bits per heavy atom. The minimum atomic E-state index is -0.338. The van der Waals surface area contributed by atoms with Crippen molar-refractivity contribution in [2.24, 2.45) is 5.73 Å². The Morgan fingerprint density at radius 1 is 1.27 bits per heavy atom. The van der Waals surface area contributed by atoms with Crippen LogP contribution in [0.25, 0.3) is 10.8 Å². The van der Waals surface area contributed by atoms with Crippen LogP contribution < -0.4 is 5.73 Å². The van der Waals surface area contributed by atoms with Crippen LogP contribution in [0.5, 0.6) is 0 Å². The molecule has 0 spiro atoms. The maximum Gasteiger partial charge on any atom is 0.0624 e. The average molecular weight is 222 g/mol. The lowest BCUT2D eigenvalue weighted by molar-refractivity contribution is 0.268. The van der Waals surface area contributed by atoms with Crippen molar-refractivity contribution in [1.29, 1.82) is 0 Å². The molecule has 0 bridgehead atoms. The lowest BCUT2D eigenvalue weighted by Crippen LogP contribution is -2.14. The zero-order valence-corrected chi connectivity index (χ0v) is 8.91. The van der Waals surface area contributed by atoms with E-state index in [2.05, 4.69) is 0 Å². The van der Waals surface area contributed by atoms with Gasteiger partial charge >= 0.3 is 0 Å². The van der Waals surface area contributed by atoms with E-state index < -0.39 is 0 Å². The third kappa shape index (κ3) is 1.97. The van der Waals surface area contributed by atoms with Crippen molar-refractivity contribution in [3.63, 3.8) is 0 Å². The average Bonchev–Trinajstić information content (AvgIpc) is 2.26. The van der Waals surface area contributed by atoms with Gasteiger partial charge in [-0.15, -0.1) is 0 Å². The van der Waals surface area contributed by atoms with Gasteiger partial charge in [-0.25, -0.2) is 0 Å². The Labute approximate surface area is 93.3 Å². The van der Waals surface area contributed by atoms with E-state index >= 15 is 0 Å². The van der Waals surface area contributed by atoms with Crippen molar-refractivity contribution < 1.29 is 5.11 Å². The van der Waals surface area contributed by atoms with E-state index in [1.54, 1.807) is 0 Å². The second-order valence-corrected chi connectivity index (χ2v) is 3.94. The highest BCUT2D eigenvalue weighted by Crippen LogP contribution is 2.25. The van der Waals surface area contributed by atoms with Gasteiger partial charge in [0.2, 0.25) is 0 Å². The molecule has 0 aliphatic carbocycles. The predicted octanol–water partition coefficient (Wildman–Crippen LogP) is 2.49. The predicted molar refractivity (Wildman–Crippen MR) is 63.0 cm³/mol. The SMILES string of the molecule is NC(CO)c1cccc2cc(Cl)ccc12. The molecule has 2 aromatic carbocycles. The van der Waals surface area contributed by atoms with Crippen LogP contribution in [0.1, 0.15) is 11.6 Å². The van der Waals surface area contributed by atoms with E-state index in [0.717, 1.165) is 16.3 Å². The highest BCUT2D eigenvalue weighted by atomic mass is 35.5. The fourth-order valence-electron chi connectivity index (χ4n) is 1.70. The maximum absolute atomic E-state index is 9.05. The number of rotatable bonds is 2. The van der Waals surface area contributed by atoms with Crippen molar-refractivity contribution in [3.05, 3.63) is 47.0 Å². The van der Waals surface area contributed by atoms with Crippen LogP contribution in [0.15, 0.2) is 36.4 Å². The Bertz CT molecular complexity index is 484.